The van der Waals surface area contributed by atoms with Gasteiger partial charge in [0.1, 0.15) is 5.75 Å². The smallest absolute Gasteiger partial charge is 0.227 e. The number of nitrogens with zero attached hydrogens (tertiary/aromatic N) is 2. The Morgan fingerprint density at radius 2 is 1.87 bits per heavy atom. The van der Waals surface area contributed by atoms with Crippen molar-refractivity contribution in [2.24, 2.45) is 11.3 Å². The number of hydrogen-bond acceptors (Lipinski definition) is 4. The molecule has 0 bridgehead atoms. The number of amides is 2. The molecule has 158 valence electrons. The van der Waals surface area contributed by atoms with Gasteiger partial charge in [0.05, 0.1) is 18.9 Å². The Hall–Kier alpha value is -2.89. The molecule has 1 spiro atoms. The normalized spacial score (nSPS) is 19.4. The van der Waals surface area contributed by atoms with Crippen molar-refractivity contribution in [3.63, 3.8) is 0 Å². The zero-order valence-corrected chi connectivity index (χ0v) is 17.5. The molecule has 0 radical (unpaired) electrons. The summed E-state index contributed by atoms with van der Waals surface area (Å²) in [5, 5.41) is 3.07. The molecular formula is C24H29N3O3. The molecule has 2 aliphatic rings. The molecule has 2 amide bonds. The minimum atomic E-state index is -0.127. The Morgan fingerprint density at radius 3 is 2.50 bits per heavy atom. The van der Waals surface area contributed by atoms with E-state index in [1.165, 1.54) is 0 Å². The summed E-state index contributed by atoms with van der Waals surface area (Å²) in [7, 11) is 0. The van der Waals surface area contributed by atoms with Gasteiger partial charge in [0, 0.05) is 37.4 Å². The first-order chi connectivity index (χ1) is 14.6. The predicted octanol–water partition coefficient (Wildman–Crippen LogP) is 2.97. The highest BCUT2D eigenvalue weighted by Crippen LogP contribution is 2.51. The van der Waals surface area contributed by atoms with Crippen LogP contribution in [0, 0.1) is 11.3 Å². The molecule has 4 rings (SSSR count). The number of ether oxygens (including phenoxy) is 1. The average Bonchev–Trinajstić information content (AvgIpc) is 3.16. The van der Waals surface area contributed by atoms with Gasteiger partial charge in [-0.3, -0.25) is 14.6 Å². The third-order valence-electron chi connectivity index (χ3n) is 6.47. The lowest BCUT2D eigenvalue weighted by atomic mass is 9.62. The topological polar surface area (TPSA) is 71.5 Å². The van der Waals surface area contributed by atoms with E-state index in [1.54, 1.807) is 12.4 Å². The Balaban J connectivity index is 1.37. The quantitative estimate of drug-likeness (QED) is 0.766. The molecule has 1 aromatic heterocycles. The first-order valence-electron chi connectivity index (χ1n) is 10.8. The molecule has 1 aromatic carbocycles. The number of benzene rings is 1. The molecular weight excluding hydrogens is 378 g/mol. The van der Waals surface area contributed by atoms with Crippen molar-refractivity contribution in [3.8, 4) is 5.75 Å². The molecule has 2 fully saturated rings. The number of aromatic nitrogens is 1. The number of likely N-dealkylation sites (tertiary alicyclic amines) is 1. The molecule has 30 heavy (non-hydrogen) atoms. The van der Waals surface area contributed by atoms with Gasteiger partial charge in [-0.2, -0.15) is 0 Å². The van der Waals surface area contributed by atoms with Crippen LogP contribution in [0.5, 0.6) is 5.75 Å². The summed E-state index contributed by atoms with van der Waals surface area (Å²) >= 11 is 0. The lowest BCUT2D eigenvalue weighted by molar-refractivity contribution is -0.130. The number of nitrogens with one attached hydrogen (secondary N) is 1. The van der Waals surface area contributed by atoms with Crippen molar-refractivity contribution < 1.29 is 14.3 Å². The molecule has 1 aliphatic heterocycles. The highest BCUT2D eigenvalue weighted by Gasteiger charge is 2.54. The van der Waals surface area contributed by atoms with E-state index < -0.39 is 0 Å². The van der Waals surface area contributed by atoms with Crippen LogP contribution in [-0.4, -0.2) is 41.4 Å². The summed E-state index contributed by atoms with van der Waals surface area (Å²) in [6.07, 6.45) is 6.99. The van der Waals surface area contributed by atoms with Crippen LogP contribution in [0.3, 0.4) is 0 Å². The number of hydrogen-bond donors (Lipinski definition) is 1. The number of carbonyl (C=O) groups is 2. The third kappa shape index (κ3) is 4.32. The van der Waals surface area contributed by atoms with Crippen molar-refractivity contribution >= 4 is 11.8 Å². The van der Waals surface area contributed by atoms with E-state index in [1.807, 2.05) is 48.2 Å². The van der Waals surface area contributed by atoms with Crippen molar-refractivity contribution in [1.29, 1.82) is 0 Å². The van der Waals surface area contributed by atoms with Gasteiger partial charge in [0.25, 0.3) is 0 Å². The molecule has 1 saturated heterocycles. The Bertz CT molecular complexity index is 878. The molecule has 1 saturated carbocycles. The Kier molecular flexibility index (Phi) is 6.02. The van der Waals surface area contributed by atoms with Crippen molar-refractivity contribution in [3.05, 3.63) is 59.9 Å². The lowest BCUT2D eigenvalue weighted by Crippen LogP contribution is -2.45. The number of carbonyl (C=O) groups excluding carboxylic acids is 2. The number of pyridine rings is 1. The predicted molar refractivity (Wildman–Crippen MR) is 114 cm³/mol. The largest absolute Gasteiger partial charge is 0.494 e. The molecule has 1 aliphatic carbocycles. The lowest BCUT2D eigenvalue weighted by Gasteiger charge is -2.41. The first kappa shape index (κ1) is 20.4. The van der Waals surface area contributed by atoms with Crippen molar-refractivity contribution in [1.82, 2.24) is 15.2 Å². The molecule has 2 heterocycles. The van der Waals surface area contributed by atoms with Crippen LogP contribution in [-0.2, 0) is 22.6 Å². The van der Waals surface area contributed by atoms with E-state index in [-0.39, 0.29) is 23.1 Å². The third-order valence-corrected chi connectivity index (χ3v) is 6.47. The van der Waals surface area contributed by atoms with Crippen LogP contribution in [0.25, 0.3) is 0 Å². The summed E-state index contributed by atoms with van der Waals surface area (Å²) in [5.41, 5.74) is 1.95. The van der Waals surface area contributed by atoms with Gasteiger partial charge in [0.15, 0.2) is 0 Å². The maximum absolute atomic E-state index is 13.0. The van der Waals surface area contributed by atoms with Gasteiger partial charge in [-0.1, -0.05) is 18.6 Å². The summed E-state index contributed by atoms with van der Waals surface area (Å²) in [4.78, 5) is 31.8. The SMILES string of the molecule is CCOc1ccc(CC(=O)N2CC(C(=O)NCc3ccncc3)C3(CCC3)C2)cc1. The Labute approximate surface area is 177 Å². The van der Waals surface area contributed by atoms with Crippen LogP contribution >= 0.6 is 0 Å². The Morgan fingerprint density at radius 1 is 1.13 bits per heavy atom. The zero-order valence-electron chi connectivity index (χ0n) is 17.5. The monoisotopic (exact) mass is 407 g/mol. The van der Waals surface area contributed by atoms with Crippen molar-refractivity contribution in [2.75, 3.05) is 19.7 Å². The molecule has 6 heteroatoms. The molecule has 1 atom stereocenters. The average molecular weight is 408 g/mol. The van der Waals surface area contributed by atoms with Gasteiger partial charge in [-0.25, -0.2) is 0 Å². The summed E-state index contributed by atoms with van der Waals surface area (Å²) < 4.78 is 5.47. The summed E-state index contributed by atoms with van der Waals surface area (Å²) in [5.74, 6) is 0.837. The minimum Gasteiger partial charge on any atom is -0.494 e. The van der Waals surface area contributed by atoms with Gasteiger partial charge in [-0.05, 0) is 55.2 Å². The van der Waals surface area contributed by atoms with Crippen molar-refractivity contribution in [2.45, 2.75) is 39.2 Å². The maximum Gasteiger partial charge on any atom is 0.227 e. The minimum absolute atomic E-state index is 0.0448. The van der Waals surface area contributed by atoms with Crippen LogP contribution in [0.1, 0.15) is 37.3 Å². The van der Waals surface area contributed by atoms with Gasteiger partial charge in [0.2, 0.25) is 11.8 Å². The van der Waals surface area contributed by atoms with Crippen LogP contribution in [0.2, 0.25) is 0 Å². The van der Waals surface area contributed by atoms with Crippen LogP contribution in [0.15, 0.2) is 48.8 Å². The number of rotatable bonds is 7. The van der Waals surface area contributed by atoms with E-state index >= 15 is 0 Å². The zero-order chi connectivity index (χ0) is 21.0. The van der Waals surface area contributed by atoms with Gasteiger partial charge < -0.3 is 15.0 Å². The fraction of sp³-hybridized carbons (Fsp3) is 0.458. The second kappa shape index (κ2) is 8.86. The van der Waals surface area contributed by atoms with E-state index in [0.29, 0.717) is 32.7 Å². The van der Waals surface area contributed by atoms with E-state index in [2.05, 4.69) is 10.3 Å². The van der Waals surface area contributed by atoms with E-state index in [9.17, 15) is 9.59 Å². The van der Waals surface area contributed by atoms with Gasteiger partial charge >= 0.3 is 0 Å². The highest BCUT2D eigenvalue weighted by molar-refractivity contribution is 5.84. The standard InChI is InChI=1S/C24H29N3O3/c1-2-30-20-6-4-18(5-7-20)14-22(28)27-16-21(24(17-27)10-3-11-24)23(29)26-15-19-8-12-25-13-9-19/h4-9,12-13,21H,2-3,10-11,14-17H2,1H3,(H,26,29). The first-order valence-corrected chi connectivity index (χ1v) is 10.8. The fourth-order valence-corrected chi connectivity index (χ4v) is 4.63. The van der Waals surface area contributed by atoms with E-state index in [0.717, 1.165) is 36.1 Å². The summed E-state index contributed by atoms with van der Waals surface area (Å²) in [6.45, 7) is 4.27. The van der Waals surface area contributed by atoms with Gasteiger partial charge in [-0.15, -0.1) is 0 Å². The summed E-state index contributed by atoms with van der Waals surface area (Å²) in [6, 6.07) is 11.5. The molecule has 1 unspecified atom stereocenters. The van der Waals surface area contributed by atoms with Crippen LogP contribution in [0.4, 0.5) is 0 Å². The molecule has 2 aromatic rings. The second-order valence-electron chi connectivity index (χ2n) is 8.37. The molecule has 6 nitrogen and oxygen atoms in total. The maximum atomic E-state index is 13.0. The molecule has 1 N–H and O–H groups in total. The fourth-order valence-electron chi connectivity index (χ4n) is 4.63. The highest BCUT2D eigenvalue weighted by atomic mass is 16.5. The van der Waals surface area contributed by atoms with Crippen LogP contribution < -0.4 is 10.1 Å². The van der Waals surface area contributed by atoms with E-state index in [4.69, 9.17) is 4.74 Å². The second-order valence-corrected chi connectivity index (χ2v) is 8.37.